The summed E-state index contributed by atoms with van der Waals surface area (Å²) in [6, 6.07) is 22.7. The second-order valence-electron chi connectivity index (χ2n) is 6.82. The molecule has 0 saturated heterocycles. The van der Waals surface area contributed by atoms with Crippen LogP contribution in [0.3, 0.4) is 0 Å². The highest BCUT2D eigenvalue weighted by molar-refractivity contribution is 7.99. The molecule has 0 aromatic heterocycles. The summed E-state index contributed by atoms with van der Waals surface area (Å²) in [5, 5.41) is 5.79. The van der Waals surface area contributed by atoms with Gasteiger partial charge < -0.3 is 10.6 Å². The molecule has 2 N–H and O–H groups in total. The Morgan fingerprint density at radius 2 is 1.60 bits per heavy atom. The smallest absolute Gasteiger partial charge is 0.253 e. The number of halogens is 1. The van der Waals surface area contributed by atoms with Gasteiger partial charge in [0.2, 0.25) is 5.91 Å². The lowest BCUT2D eigenvalue weighted by Crippen LogP contribution is -2.28. The molecule has 2 amide bonds. The van der Waals surface area contributed by atoms with Crippen LogP contribution in [0.15, 0.2) is 78.9 Å². The molecule has 0 spiro atoms. The van der Waals surface area contributed by atoms with E-state index >= 15 is 0 Å². The molecule has 3 rings (SSSR count). The summed E-state index contributed by atoms with van der Waals surface area (Å²) in [6.07, 6.45) is 0. The first kappa shape index (κ1) is 21.6. The molecule has 0 aliphatic rings. The zero-order valence-corrected chi connectivity index (χ0v) is 17.4. The predicted molar refractivity (Wildman–Crippen MR) is 120 cm³/mol. The van der Waals surface area contributed by atoms with Gasteiger partial charge in [0.15, 0.2) is 0 Å². The van der Waals surface area contributed by atoms with E-state index in [1.807, 2.05) is 37.3 Å². The molecule has 0 aliphatic heterocycles. The molecule has 3 aromatic rings. The quantitative estimate of drug-likeness (QED) is 0.525. The molecule has 0 aliphatic carbocycles. The number of anilines is 1. The van der Waals surface area contributed by atoms with Crippen molar-refractivity contribution < 1.29 is 14.0 Å². The van der Waals surface area contributed by atoms with Crippen LogP contribution >= 0.6 is 11.8 Å². The Morgan fingerprint density at radius 1 is 0.933 bits per heavy atom. The van der Waals surface area contributed by atoms with Crippen molar-refractivity contribution in [2.45, 2.75) is 18.7 Å². The van der Waals surface area contributed by atoms with Crippen molar-refractivity contribution in [2.75, 3.05) is 11.1 Å². The summed E-state index contributed by atoms with van der Waals surface area (Å²) in [6.45, 7) is 1.92. The van der Waals surface area contributed by atoms with Gasteiger partial charge in [0.25, 0.3) is 5.91 Å². The van der Waals surface area contributed by atoms with Gasteiger partial charge in [-0.25, -0.2) is 4.39 Å². The zero-order chi connectivity index (χ0) is 21.3. The molecule has 0 unspecified atom stereocenters. The third-order valence-corrected chi connectivity index (χ3v) is 5.51. The van der Waals surface area contributed by atoms with Crippen LogP contribution in [0.4, 0.5) is 10.1 Å². The lowest BCUT2D eigenvalue weighted by molar-refractivity contribution is -0.113. The summed E-state index contributed by atoms with van der Waals surface area (Å²) >= 11 is 1.43. The maximum Gasteiger partial charge on any atom is 0.253 e. The number of rotatable bonds is 8. The Bertz CT molecular complexity index is 994. The van der Waals surface area contributed by atoms with E-state index in [-0.39, 0.29) is 29.4 Å². The molecule has 154 valence electrons. The normalized spacial score (nSPS) is 11.5. The van der Waals surface area contributed by atoms with Crippen molar-refractivity contribution in [3.63, 3.8) is 0 Å². The number of hydrogen-bond acceptors (Lipinski definition) is 3. The van der Waals surface area contributed by atoms with E-state index in [0.717, 1.165) is 11.1 Å². The highest BCUT2D eigenvalue weighted by Crippen LogP contribution is 2.19. The molecular formula is C24H23FN2O2S. The highest BCUT2D eigenvalue weighted by atomic mass is 32.2. The van der Waals surface area contributed by atoms with E-state index in [4.69, 9.17) is 0 Å². The zero-order valence-electron chi connectivity index (χ0n) is 16.6. The SMILES string of the molecule is C[C@H](NC(=O)c1ccccc1NC(=O)CSCc1ccc(F)cc1)c1ccccc1. The summed E-state index contributed by atoms with van der Waals surface area (Å²) in [5.74, 6) is 0.107. The molecule has 0 heterocycles. The van der Waals surface area contributed by atoms with Crippen molar-refractivity contribution in [3.8, 4) is 0 Å². The van der Waals surface area contributed by atoms with Gasteiger partial charge in [-0.3, -0.25) is 9.59 Å². The van der Waals surface area contributed by atoms with Crippen LogP contribution in [-0.2, 0) is 10.5 Å². The molecule has 1 atom stereocenters. The van der Waals surface area contributed by atoms with Gasteiger partial charge in [-0.15, -0.1) is 11.8 Å². The number of para-hydroxylation sites is 1. The van der Waals surface area contributed by atoms with E-state index in [0.29, 0.717) is 17.0 Å². The first-order chi connectivity index (χ1) is 14.5. The molecule has 4 nitrogen and oxygen atoms in total. The Morgan fingerprint density at radius 3 is 2.33 bits per heavy atom. The van der Waals surface area contributed by atoms with Gasteiger partial charge in [-0.2, -0.15) is 0 Å². The van der Waals surface area contributed by atoms with Gasteiger partial charge in [-0.1, -0.05) is 54.6 Å². The van der Waals surface area contributed by atoms with Crippen molar-refractivity contribution in [1.82, 2.24) is 5.32 Å². The van der Waals surface area contributed by atoms with Crippen molar-refractivity contribution in [3.05, 3.63) is 101 Å². The van der Waals surface area contributed by atoms with Crippen LogP contribution in [0.1, 0.15) is 34.5 Å². The van der Waals surface area contributed by atoms with E-state index in [1.54, 1.807) is 36.4 Å². The minimum atomic E-state index is -0.280. The van der Waals surface area contributed by atoms with Gasteiger partial charge >= 0.3 is 0 Å². The van der Waals surface area contributed by atoms with Gasteiger partial charge in [-0.05, 0) is 42.3 Å². The summed E-state index contributed by atoms with van der Waals surface area (Å²) in [5.41, 5.74) is 2.84. The topological polar surface area (TPSA) is 58.2 Å². The van der Waals surface area contributed by atoms with Crippen LogP contribution in [0.25, 0.3) is 0 Å². The van der Waals surface area contributed by atoms with Gasteiger partial charge in [0, 0.05) is 5.75 Å². The molecule has 0 radical (unpaired) electrons. The summed E-state index contributed by atoms with van der Waals surface area (Å²) in [4.78, 5) is 25.1. The average molecular weight is 423 g/mol. The first-order valence-corrected chi connectivity index (χ1v) is 10.8. The Hall–Kier alpha value is -3.12. The Balaban J connectivity index is 1.56. The molecule has 0 saturated carbocycles. The third kappa shape index (κ3) is 6.19. The minimum Gasteiger partial charge on any atom is -0.345 e. The maximum atomic E-state index is 13.0. The largest absolute Gasteiger partial charge is 0.345 e. The minimum absolute atomic E-state index is 0.159. The molecule has 0 bridgehead atoms. The van der Waals surface area contributed by atoms with Crippen LogP contribution < -0.4 is 10.6 Å². The Kier molecular flexibility index (Phi) is 7.63. The summed E-state index contributed by atoms with van der Waals surface area (Å²) < 4.78 is 13.0. The molecular weight excluding hydrogens is 399 g/mol. The Labute approximate surface area is 179 Å². The monoisotopic (exact) mass is 422 g/mol. The van der Waals surface area contributed by atoms with Crippen LogP contribution in [0.5, 0.6) is 0 Å². The molecule has 3 aromatic carbocycles. The standard InChI is InChI=1S/C24H23FN2O2S/c1-17(19-7-3-2-4-8-19)26-24(29)21-9-5-6-10-22(21)27-23(28)16-30-15-18-11-13-20(25)14-12-18/h2-14,17H,15-16H2,1H3,(H,26,29)(H,27,28)/t17-/m0/s1. The van der Waals surface area contributed by atoms with Crippen molar-refractivity contribution in [1.29, 1.82) is 0 Å². The van der Waals surface area contributed by atoms with E-state index in [2.05, 4.69) is 10.6 Å². The van der Waals surface area contributed by atoms with Crippen molar-refractivity contribution >= 4 is 29.3 Å². The fourth-order valence-corrected chi connectivity index (χ4v) is 3.71. The third-order valence-electron chi connectivity index (χ3n) is 4.51. The molecule has 0 fully saturated rings. The van der Waals surface area contributed by atoms with Gasteiger partial charge in [0.05, 0.1) is 23.0 Å². The number of thioether (sulfide) groups is 1. The molecule has 6 heteroatoms. The second-order valence-corrected chi connectivity index (χ2v) is 7.80. The van der Waals surface area contributed by atoms with Gasteiger partial charge in [0.1, 0.15) is 5.82 Å². The summed E-state index contributed by atoms with van der Waals surface area (Å²) in [7, 11) is 0. The first-order valence-electron chi connectivity index (χ1n) is 9.60. The lowest BCUT2D eigenvalue weighted by Gasteiger charge is -2.16. The van der Waals surface area contributed by atoms with Crippen molar-refractivity contribution in [2.24, 2.45) is 0 Å². The fourth-order valence-electron chi connectivity index (χ4n) is 2.92. The number of benzene rings is 3. The number of nitrogens with one attached hydrogen (secondary N) is 2. The number of hydrogen-bond donors (Lipinski definition) is 2. The highest BCUT2D eigenvalue weighted by Gasteiger charge is 2.16. The maximum absolute atomic E-state index is 13.0. The van der Waals surface area contributed by atoms with Crippen LogP contribution in [0, 0.1) is 5.82 Å². The average Bonchev–Trinajstić information content (AvgIpc) is 2.76. The van der Waals surface area contributed by atoms with E-state index < -0.39 is 0 Å². The number of amides is 2. The lowest BCUT2D eigenvalue weighted by atomic mass is 10.1. The molecule has 30 heavy (non-hydrogen) atoms. The van der Waals surface area contributed by atoms with E-state index in [1.165, 1.54) is 23.9 Å². The number of carbonyl (C=O) groups is 2. The number of carbonyl (C=O) groups excluding carboxylic acids is 2. The second kappa shape index (κ2) is 10.6. The van der Waals surface area contributed by atoms with Crippen LogP contribution in [-0.4, -0.2) is 17.6 Å². The fraction of sp³-hybridized carbons (Fsp3) is 0.167. The van der Waals surface area contributed by atoms with Crippen LogP contribution in [0.2, 0.25) is 0 Å². The predicted octanol–water partition coefficient (Wildman–Crippen LogP) is 5.19. The van der Waals surface area contributed by atoms with E-state index in [9.17, 15) is 14.0 Å².